The van der Waals surface area contributed by atoms with Gasteiger partial charge in [0.15, 0.2) is 5.58 Å². The van der Waals surface area contributed by atoms with Gasteiger partial charge in [0, 0.05) is 18.4 Å². The van der Waals surface area contributed by atoms with Gasteiger partial charge in [-0.05, 0) is 71.4 Å². The maximum atomic E-state index is 14.2. The Kier molecular flexibility index (Phi) is 9.37. The quantitative estimate of drug-likeness (QED) is 0.377. The minimum Gasteiger partial charge on any atom is -0.445 e. The summed E-state index contributed by atoms with van der Waals surface area (Å²) in [6.45, 7) is 5.01. The van der Waals surface area contributed by atoms with Crippen molar-refractivity contribution in [2.24, 2.45) is 5.92 Å². The number of carbonyl (C=O) groups excluding carboxylic acids is 4. The summed E-state index contributed by atoms with van der Waals surface area (Å²) in [6.07, 6.45) is 6.10. The van der Waals surface area contributed by atoms with Crippen molar-refractivity contribution in [3.05, 3.63) is 36.2 Å². The molecule has 14 nitrogen and oxygen atoms in total. The number of nitrogens with one attached hydrogen (secondary N) is 3. The number of fused-ring (bicyclic) bond motifs is 3. The van der Waals surface area contributed by atoms with Crippen LogP contribution in [0.2, 0.25) is 0 Å². The van der Waals surface area contributed by atoms with Crippen molar-refractivity contribution in [3.8, 4) is 6.08 Å². The predicted molar refractivity (Wildman–Crippen MR) is 173 cm³/mol. The smallest absolute Gasteiger partial charge is 0.408 e. The fourth-order valence-electron chi connectivity index (χ4n) is 6.37. The predicted octanol–water partition coefficient (Wildman–Crippen LogP) is 3.21. The molecule has 2 aromatic rings. The normalized spacial score (nSPS) is 28.0. The fourth-order valence-corrected chi connectivity index (χ4v) is 7.73. The van der Waals surface area contributed by atoms with E-state index in [9.17, 15) is 32.0 Å². The average Bonchev–Trinajstić information content (AvgIpc) is 3.90. The first kappa shape index (κ1) is 34.6. The Bertz CT molecular complexity index is 1770. The summed E-state index contributed by atoms with van der Waals surface area (Å²) < 4.78 is 58.4. The number of ether oxygens (including phenoxy) is 2. The van der Waals surface area contributed by atoms with Gasteiger partial charge >= 0.3 is 12.2 Å². The van der Waals surface area contributed by atoms with Crippen LogP contribution < -0.4 is 20.1 Å². The molecule has 1 saturated heterocycles. The van der Waals surface area contributed by atoms with Crippen LogP contribution in [0.4, 0.5) is 9.18 Å². The van der Waals surface area contributed by atoms with Crippen molar-refractivity contribution >= 4 is 44.9 Å². The molecule has 3 N–H and O–H groups in total. The highest BCUT2D eigenvalue weighted by molar-refractivity contribution is 7.91. The van der Waals surface area contributed by atoms with Crippen LogP contribution >= 0.6 is 0 Å². The Morgan fingerprint density at radius 1 is 1.14 bits per heavy atom. The SMILES string of the molecule is CC(C)(C)OC(=O)N[C@H]1CCCCCC=C[C@@H]2C[C@@]2(C(=O)NS(=O)(=O)C2CC2)NC(=O)[C@@H]2C[C@@H](Oc3nc4cc(F)ccc4o3)CN2C1=O. The zero-order chi connectivity index (χ0) is 35.1. The molecular formula is C33H42FN5O9S. The molecule has 0 unspecified atom stereocenters. The molecule has 0 spiro atoms. The topological polar surface area (TPSA) is 186 Å². The van der Waals surface area contributed by atoms with E-state index in [0.717, 1.165) is 12.8 Å². The Balaban J connectivity index is 1.28. The Morgan fingerprint density at radius 2 is 1.92 bits per heavy atom. The zero-order valence-electron chi connectivity index (χ0n) is 27.7. The third-order valence-corrected chi connectivity index (χ3v) is 11.0. The van der Waals surface area contributed by atoms with Crippen molar-refractivity contribution in [1.29, 1.82) is 0 Å². The number of nitrogens with zero attached hydrogens (tertiary/aromatic N) is 2. The van der Waals surface area contributed by atoms with Gasteiger partial charge in [-0.3, -0.25) is 19.1 Å². The average molecular weight is 704 g/mol. The van der Waals surface area contributed by atoms with Crippen LogP contribution in [0.1, 0.15) is 78.6 Å². The minimum absolute atomic E-state index is 0.0393. The van der Waals surface area contributed by atoms with Gasteiger partial charge in [0.1, 0.15) is 40.7 Å². The van der Waals surface area contributed by atoms with Crippen molar-refractivity contribution < 1.29 is 45.9 Å². The molecule has 1 aromatic carbocycles. The highest BCUT2D eigenvalue weighted by Crippen LogP contribution is 2.46. The number of rotatable bonds is 6. The van der Waals surface area contributed by atoms with Gasteiger partial charge in [-0.25, -0.2) is 17.6 Å². The van der Waals surface area contributed by atoms with E-state index in [0.29, 0.717) is 25.7 Å². The molecule has 2 saturated carbocycles. The van der Waals surface area contributed by atoms with Gasteiger partial charge in [-0.15, -0.1) is 0 Å². The van der Waals surface area contributed by atoms with E-state index in [2.05, 4.69) is 20.3 Å². The number of hydrogen-bond acceptors (Lipinski definition) is 10. The molecule has 5 atom stereocenters. The number of oxazole rings is 1. The van der Waals surface area contributed by atoms with E-state index in [1.54, 1.807) is 20.8 Å². The standard InChI is InChI=1S/C33H42FN5O9S/c1-32(2,3)48-30(43)35-23-10-8-6-4-5-7-9-19-17-33(19,29(42)38-49(44,45)22-12-13-22)37-27(40)25-16-21(18-39(25)28(23)41)46-31-36-24-15-20(34)11-14-26(24)47-31/h7,9,11,14-15,19,21-23,25H,4-6,8,10,12-13,16-18H2,1-3H3,(H,35,43)(H,37,40)(H,38,42)/t19-,21-,23+,25+,33-/m1/s1. The van der Waals surface area contributed by atoms with Gasteiger partial charge in [-0.1, -0.05) is 25.0 Å². The zero-order valence-corrected chi connectivity index (χ0v) is 28.5. The highest BCUT2D eigenvalue weighted by atomic mass is 32.2. The van der Waals surface area contributed by atoms with Crippen LogP contribution in [0.3, 0.4) is 0 Å². The van der Waals surface area contributed by atoms with Crippen molar-refractivity contribution in [1.82, 2.24) is 25.2 Å². The second kappa shape index (κ2) is 13.2. The number of alkyl carbamates (subject to hydrolysis) is 1. The molecule has 0 radical (unpaired) electrons. The minimum atomic E-state index is -3.90. The van der Waals surface area contributed by atoms with Crippen molar-refractivity contribution in [2.45, 2.75) is 113 Å². The fraction of sp³-hybridized carbons (Fsp3) is 0.606. The molecule has 3 heterocycles. The number of sulfonamides is 1. The van der Waals surface area contributed by atoms with Crippen LogP contribution in [0.25, 0.3) is 11.1 Å². The molecule has 16 heteroatoms. The molecule has 49 heavy (non-hydrogen) atoms. The summed E-state index contributed by atoms with van der Waals surface area (Å²) in [5.41, 5.74) is -1.84. The number of allylic oxidation sites excluding steroid dienone is 1. The van der Waals surface area contributed by atoms with E-state index in [1.165, 1.54) is 23.1 Å². The van der Waals surface area contributed by atoms with Gasteiger partial charge in [0.05, 0.1) is 11.8 Å². The summed E-state index contributed by atoms with van der Waals surface area (Å²) in [5.74, 6) is -3.01. The van der Waals surface area contributed by atoms with Gasteiger partial charge in [0.2, 0.25) is 21.8 Å². The molecule has 4 amide bonds. The van der Waals surface area contributed by atoms with Crippen LogP contribution in [0.5, 0.6) is 6.08 Å². The lowest BCUT2D eigenvalue weighted by atomic mass is 10.0. The van der Waals surface area contributed by atoms with Crippen LogP contribution in [0.15, 0.2) is 34.8 Å². The summed E-state index contributed by atoms with van der Waals surface area (Å²) >= 11 is 0. The second-order valence-electron chi connectivity index (χ2n) is 14.3. The van der Waals surface area contributed by atoms with Gasteiger partial charge < -0.3 is 29.4 Å². The van der Waals surface area contributed by atoms with Gasteiger partial charge in [0.25, 0.3) is 5.91 Å². The van der Waals surface area contributed by atoms with Crippen molar-refractivity contribution in [3.63, 3.8) is 0 Å². The summed E-state index contributed by atoms with van der Waals surface area (Å²) in [5, 5.41) is 4.84. The first-order chi connectivity index (χ1) is 23.1. The van der Waals surface area contributed by atoms with E-state index >= 15 is 0 Å². The van der Waals surface area contributed by atoms with Crippen molar-refractivity contribution in [2.75, 3.05) is 6.54 Å². The first-order valence-corrected chi connectivity index (χ1v) is 18.3. The number of carbonyl (C=O) groups is 4. The number of amides is 4. The highest BCUT2D eigenvalue weighted by Gasteiger charge is 2.62. The number of benzene rings is 1. The molecule has 2 aliphatic heterocycles. The van der Waals surface area contributed by atoms with E-state index in [-0.39, 0.29) is 43.0 Å². The van der Waals surface area contributed by atoms with E-state index < -0.39 is 80.2 Å². The molecule has 3 fully saturated rings. The lowest BCUT2D eigenvalue weighted by molar-refractivity contribution is -0.141. The van der Waals surface area contributed by atoms with E-state index in [4.69, 9.17) is 13.9 Å². The molecular weight excluding hydrogens is 661 g/mol. The summed E-state index contributed by atoms with van der Waals surface area (Å²) in [6, 6.07) is 1.60. The third-order valence-electron chi connectivity index (χ3n) is 9.13. The number of hydrogen-bond donors (Lipinski definition) is 3. The molecule has 6 rings (SSSR count). The lowest BCUT2D eigenvalue weighted by Gasteiger charge is -2.30. The summed E-state index contributed by atoms with van der Waals surface area (Å²) in [7, 11) is -3.90. The first-order valence-electron chi connectivity index (χ1n) is 16.7. The third kappa shape index (κ3) is 8.00. The largest absolute Gasteiger partial charge is 0.445 e. The lowest BCUT2D eigenvalue weighted by Crippen LogP contribution is -2.58. The van der Waals surface area contributed by atoms with Crippen LogP contribution in [0, 0.1) is 11.7 Å². The molecule has 4 aliphatic rings. The molecule has 266 valence electrons. The number of aromatic nitrogens is 1. The maximum absolute atomic E-state index is 14.2. The van der Waals surface area contributed by atoms with Gasteiger partial charge in [-0.2, -0.15) is 4.98 Å². The Morgan fingerprint density at radius 3 is 2.65 bits per heavy atom. The van der Waals surface area contributed by atoms with Crippen LogP contribution in [-0.2, 0) is 29.1 Å². The number of halogens is 1. The maximum Gasteiger partial charge on any atom is 0.408 e. The monoisotopic (exact) mass is 703 g/mol. The Labute approximate surface area is 283 Å². The molecule has 2 aliphatic carbocycles. The summed E-state index contributed by atoms with van der Waals surface area (Å²) in [4.78, 5) is 60.2. The van der Waals surface area contributed by atoms with E-state index in [1.807, 2.05) is 12.2 Å². The van der Waals surface area contributed by atoms with Crippen LogP contribution in [-0.4, -0.2) is 83.2 Å². The Hall–Kier alpha value is -4.21. The molecule has 1 aromatic heterocycles. The second-order valence-corrected chi connectivity index (χ2v) is 16.2. The molecule has 0 bridgehead atoms.